The van der Waals surface area contributed by atoms with Crippen LogP contribution in [0.25, 0.3) is 0 Å². The Bertz CT molecular complexity index is 365. The molecule has 0 saturated heterocycles. The van der Waals surface area contributed by atoms with Crippen LogP contribution < -0.4 is 11.1 Å². The number of rotatable bonds is 6. The summed E-state index contributed by atoms with van der Waals surface area (Å²) in [6, 6.07) is 10.1. The molecule has 0 aliphatic heterocycles. The maximum absolute atomic E-state index is 11.4. The third kappa shape index (κ3) is 4.85. The van der Waals surface area contributed by atoms with Crippen LogP contribution >= 0.6 is 0 Å². The van der Waals surface area contributed by atoms with Crippen molar-refractivity contribution >= 4 is 5.91 Å². The number of nitrogens with one attached hydrogen (secondary N) is 1. The van der Waals surface area contributed by atoms with Gasteiger partial charge in [0, 0.05) is 19.1 Å². The summed E-state index contributed by atoms with van der Waals surface area (Å²) in [5.74, 6) is -0.102. The SMILES string of the molecule is CC(CNC(=O)[C@@H](C)N)N(C)Cc1ccccc1. The highest BCUT2D eigenvalue weighted by Gasteiger charge is 2.12. The average Bonchev–Trinajstić information content (AvgIpc) is 2.36. The van der Waals surface area contributed by atoms with Crippen molar-refractivity contribution in [3.05, 3.63) is 35.9 Å². The zero-order valence-electron chi connectivity index (χ0n) is 11.4. The molecule has 0 heterocycles. The molecule has 1 aromatic carbocycles. The molecule has 1 aromatic rings. The van der Waals surface area contributed by atoms with Gasteiger partial charge in [0.1, 0.15) is 0 Å². The van der Waals surface area contributed by atoms with Crippen LogP contribution in [-0.2, 0) is 11.3 Å². The molecule has 0 aromatic heterocycles. The summed E-state index contributed by atoms with van der Waals surface area (Å²) >= 11 is 0. The third-order valence-electron chi connectivity index (χ3n) is 3.01. The molecule has 2 atom stereocenters. The molecular weight excluding hydrogens is 226 g/mol. The molecule has 1 unspecified atom stereocenters. The van der Waals surface area contributed by atoms with E-state index in [4.69, 9.17) is 5.73 Å². The second-order valence-corrected chi connectivity index (χ2v) is 4.78. The molecule has 0 aliphatic carbocycles. The summed E-state index contributed by atoms with van der Waals surface area (Å²) in [5.41, 5.74) is 6.77. The van der Waals surface area contributed by atoms with Crippen molar-refractivity contribution in [3.8, 4) is 0 Å². The van der Waals surface area contributed by atoms with Crippen LogP contribution in [0.2, 0.25) is 0 Å². The van der Waals surface area contributed by atoms with Crippen LogP contribution in [0, 0.1) is 0 Å². The van der Waals surface area contributed by atoms with Gasteiger partial charge < -0.3 is 11.1 Å². The van der Waals surface area contributed by atoms with E-state index in [1.54, 1.807) is 6.92 Å². The van der Waals surface area contributed by atoms with E-state index < -0.39 is 6.04 Å². The van der Waals surface area contributed by atoms with Crippen LogP contribution in [0.4, 0.5) is 0 Å². The zero-order valence-corrected chi connectivity index (χ0v) is 11.4. The Hall–Kier alpha value is -1.39. The van der Waals surface area contributed by atoms with E-state index in [1.807, 2.05) is 18.2 Å². The topological polar surface area (TPSA) is 58.4 Å². The van der Waals surface area contributed by atoms with Gasteiger partial charge in [-0.1, -0.05) is 30.3 Å². The number of carbonyl (C=O) groups excluding carboxylic acids is 1. The number of hydrogen-bond donors (Lipinski definition) is 2. The van der Waals surface area contributed by atoms with E-state index in [1.165, 1.54) is 5.56 Å². The second kappa shape index (κ2) is 7.13. The van der Waals surface area contributed by atoms with Gasteiger partial charge in [-0.05, 0) is 26.5 Å². The first-order valence-corrected chi connectivity index (χ1v) is 6.28. The third-order valence-corrected chi connectivity index (χ3v) is 3.01. The predicted octanol–water partition coefficient (Wildman–Crippen LogP) is 0.970. The first-order valence-electron chi connectivity index (χ1n) is 6.28. The highest BCUT2D eigenvalue weighted by atomic mass is 16.2. The van der Waals surface area contributed by atoms with Crippen LogP contribution in [0.3, 0.4) is 0 Å². The fourth-order valence-corrected chi connectivity index (χ4v) is 1.59. The van der Waals surface area contributed by atoms with Gasteiger partial charge in [0.25, 0.3) is 0 Å². The minimum Gasteiger partial charge on any atom is -0.353 e. The number of carbonyl (C=O) groups is 1. The molecule has 100 valence electrons. The Morgan fingerprint density at radius 3 is 2.50 bits per heavy atom. The van der Waals surface area contributed by atoms with Crippen LogP contribution in [-0.4, -0.2) is 36.5 Å². The molecule has 18 heavy (non-hydrogen) atoms. The van der Waals surface area contributed by atoms with Gasteiger partial charge in [-0.15, -0.1) is 0 Å². The van der Waals surface area contributed by atoms with Gasteiger partial charge in [-0.25, -0.2) is 0 Å². The van der Waals surface area contributed by atoms with Gasteiger partial charge in [-0.3, -0.25) is 9.69 Å². The van der Waals surface area contributed by atoms with E-state index in [9.17, 15) is 4.79 Å². The molecule has 4 heteroatoms. The first-order chi connectivity index (χ1) is 8.50. The lowest BCUT2D eigenvalue weighted by Gasteiger charge is -2.25. The van der Waals surface area contributed by atoms with Crippen LogP contribution in [0.1, 0.15) is 19.4 Å². The number of nitrogens with zero attached hydrogens (tertiary/aromatic N) is 1. The number of hydrogen-bond acceptors (Lipinski definition) is 3. The van der Waals surface area contributed by atoms with Gasteiger partial charge in [0.2, 0.25) is 5.91 Å². The van der Waals surface area contributed by atoms with E-state index in [-0.39, 0.29) is 11.9 Å². The first kappa shape index (κ1) is 14.7. The van der Waals surface area contributed by atoms with Crippen LogP contribution in [0.15, 0.2) is 30.3 Å². The lowest BCUT2D eigenvalue weighted by atomic mass is 10.2. The van der Waals surface area contributed by atoms with Gasteiger partial charge in [0.15, 0.2) is 0 Å². The van der Waals surface area contributed by atoms with E-state index >= 15 is 0 Å². The summed E-state index contributed by atoms with van der Waals surface area (Å²) in [5, 5.41) is 2.84. The van der Waals surface area contributed by atoms with Crippen molar-refractivity contribution in [1.29, 1.82) is 0 Å². The highest BCUT2D eigenvalue weighted by Crippen LogP contribution is 2.05. The molecule has 0 saturated carbocycles. The molecule has 0 radical (unpaired) electrons. The predicted molar refractivity (Wildman–Crippen MR) is 74.0 cm³/mol. The van der Waals surface area contributed by atoms with Crippen molar-refractivity contribution in [1.82, 2.24) is 10.2 Å². The standard InChI is InChI=1S/C14H23N3O/c1-11(9-16-14(18)12(2)15)17(3)10-13-7-5-4-6-8-13/h4-8,11-12H,9-10,15H2,1-3H3,(H,16,18)/t11?,12-/m1/s1. The molecule has 0 bridgehead atoms. The summed E-state index contributed by atoms with van der Waals surface area (Å²) in [7, 11) is 2.05. The number of nitrogens with two attached hydrogens (primary N) is 1. The van der Waals surface area contributed by atoms with Crippen molar-refractivity contribution in [2.75, 3.05) is 13.6 Å². The Morgan fingerprint density at radius 1 is 1.33 bits per heavy atom. The minimum absolute atomic E-state index is 0.102. The molecule has 1 amide bonds. The summed E-state index contributed by atoms with van der Waals surface area (Å²) < 4.78 is 0. The Balaban J connectivity index is 2.37. The minimum atomic E-state index is -0.448. The fraction of sp³-hybridized carbons (Fsp3) is 0.500. The average molecular weight is 249 g/mol. The molecule has 0 aliphatic rings. The van der Waals surface area contributed by atoms with E-state index in [0.717, 1.165) is 6.54 Å². The van der Waals surface area contributed by atoms with Crippen molar-refractivity contribution < 1.29 is 4.79 Å². The summed E-state index contributed by atoms with van der Waals surface area (Å²) in [6.45, 7) is 5.26. The van der Waals surface area contributed by atoms with E-state index in [2.05, 4.69) is 36.3 Å². The lowest BCUT2D eigenvalue weighted by Crippen LogP contribution is -2.44. The highest BCUT2D eigenvalue weighted by molar-refractivity contribution is 5.80. The van der Waals surface area contributed by atoms with Crippen molar-refractivity contribution in [2.45, 2.75) is 32.5 Å². The largest absolute Gasteiger partial charge is 0.353 e. The monoisotopic (exact) mass is 249 g/mol. The molecule has 0 fully saturated rings. The smallest absolute Gasteiger partial charge is 0.236 e. The second-order valence-electron chi connectivity index (χ2n) is 4.78. The molecule has 3 N–H and O–H groups in total. The fourth-order valence-electron chi connectivity index (χ4n) is 1.59. The maximum Gasteiger partial charge on any atom is 0.236 e. The van der Waals surface area contributed by atoms with Gasteiger partial charge in [-0.2, -0.15) is 0 Å². The molecule has 1 rings (SSSR count). The number of benzene rings is 1. The van der Waals surface area contributed by atoms with Gasteiger partial charge >= 0.3 is 0 Å². The number of amides is 1. The van der Waals surface area contributed by atoms with Crippen molar-refractivity contribution in [2.24, 2.45) is 5.73 Å². The van der Waals surface area contributed by atoms with Gasteiger partial charge in [0.05, 0.1) is 6.04 Å². The normalized spacial score (nSPS) is 14.3. The molecule has 0 spiro atoms. The van der Waals surface area contributed by atoms with E-state index in [0.29, 0.717) is 6.54 Å². The maximum atomic E-state index is 11.4. The molecule has 4 nitrogen and oxygen atoms in total. The van der Waals surface area contributed by atoms with Crippen molar-refractivity contribution in [3.63, 3.8) is 0 Å². The summed E-state index contributed by atoms with van der Waals surface area (Å²) in [6.07, 6.45) is 0. The molecular formula is C14H23N3O. The number of likely N-dealkylation sites (N-methyl/N-ethyl adjacent to an activating group) is 1. The summed E-state index contributed by atoms with van der Waals surface area (Å²) in [4.78, 5) is 13.6. The Kier molecular flexibility index (Phi) is 5.82. The Labute approximate surface area is 109 Å². The lowest BCUT2D eigenvalue weighted by molar-refractivity contribution is -0.122. The quantitative estimate of drug-likeness (QED) is 0.790. The zero-order chi connectivity index (χ0) is 13.5. The van der Waals surface area contributed by atoms with Crippen LogP contribution in [0.5, 0.6) is 0 Å². The Morgan fingerprint density at radius 2 is 1.94 bits per heavy atom.